The molecule has 2 rings (SSSR count). The summed E-state index contributed by atoms with van der Waals surface area (Å²) in [5.41, 5.74) is 0.632. The number of methoxy groups -OCH3 is 1. The highest BCUT2D eigenvalue weighted by Gasteiger charge is 2.26. The summed E-state index contributed by atoms with van der Waals surface area (Å²) in [6.45, 7) is 6.58. The third-order valence-electron chi connectivity index (χ3n) is 3.83. The predicted octanol–water partition coefficient (Wildman–Crippen LogP) is 1.94. The van der Waals surface area contributed by atoms with Crippen LogP contribution in [-0.2, 0) is 0 Å². The summed E-state index contributed by atoms with van der Waals surface area (Å²) in [6.07, 6.45) is 2.72. The lowest BCUT2D eigenvalue weighted by molar-refractivity contribution is 0.0787. The quantitative estimate of drug-likeness (QED) is 0.782. The minimum absolute atomic E-state index is 0.0483. The van der Waals surface area contributed by atoms with Gasteiger partial charge in [-0.3, -0.25) is 4.79 Å². The predicted molar refractivity (Wildman–Crippen MR) is 86.6 cm³/mol. The van der Waals surface area contributed by atoms with E-state index in [-0.39, 0.29) is 5.91 Å². The van der Waals surface area contributed by atoms with Gasteiger partial charge in [-0.15, -0.1) is 0 Å². The van der Waals surface area contributed by atoms with Gasteiger partial charge in [-0.2, -0.15) is 0 Å². The summed E-state index contributed by atoms with van der Waals surface area (Å²) >= 11 is 0. The molecule has 1 aliphatic heterocycles. The zero-order valence-corrected chi connectivity index (χ0v) is 13.3. The van der Waals surface area contributed by atoms with Gasteiger partial charge in [-0.05, 0) is 44.1 Å². The highest BCUT2D eigenvalue weighted by atomic mass is 16.5. The third-order valence-corrected chi connectivity index (χ3v) is 3.83. The van der Waals surface area contributed by atoms with Crippen molar-refractivity contribution in [2.24, 2.45) is 5.92 Å². The van der Waals surface area contributed by atoms with Gasteiger partial charge < -0.3 is 19.7 Å². The van der Waals surface area contributed by atoms with Crippen LogP contribution in [0.2, 0.25) is 0 Å². The van der Waals surface area contributed by atoms with E-state index in [0.717, 1.165) is 26.1 Å². The van der Waals surface area contributed by atoms with Crippen LogP contribution in [0.5, 0.6) is 11.5 Å². The zero-order valence-electron chi connectivity index (χ0n) is 13.3. The normalized spacial score (nSPS) is 17.4. The van der Waals surface area contributed by atoms with Gasteiger partial charge in [0.05, 0.1) is 7.11 Å². The van der Waals surface area contributed by atoms with Crippen LogP contribution in [-0.4, -0.2) is 51.2 Å². The number of likely N-dealkylation sites (tertiary alicyclic amines) is 1. The number of benzene rings is 1. The molecule has 1 aromatic carbocycles. The Bertz CT molecular complexity index is 531. The number of carbonyl (C=O) groups excluding carboxylic acids is 1. The lowest BCUT2D eigenvalue weighted by Gasteiger charge is -2.18. The first-order valence-electron chi connectivity index (χ1n) is 7.55. The van der Waals surface area contributed by atoms with E-state index in [2.05, 4.69) is 11.9 Å². The summed E-state index contributed by atoms with van der Waals surface area (Å²) in [5, 5.41) is 3.17. The second kappa shape index (κ2) is 7.84. The van der Waals surface area contributed by atoms with Gasteiger partial charge in [0.2, 0.25) is 0 Å². The van der Waals surface area contributed by atoms with E-state index >= 15 is 0 Å². The number of nitrogens with zero attached hydrogens (tertiary/aromatic N) is 1. The van der Waals surface area contributed by atoms with Gasteiger partial charge in [0.25, 0.3) is 5.91 Å². The van der Waals surface area contributed by atoms with Crippen molar-refractivity contribution in [2.75, 3.05) is 40.4 Å². The van der Waals surface area contributed by atoms with Crippen LogP contribution in [0.15, 0.2) is 30.9 Å². The van der Waals surface area contributed by atoms with E-state index in [1.54, 1.807) is 31.4 Å². The second-order valence-corrected chi connectivity index (χ2v) is 5.43. The molecule has 1 fully saturated rings. The van der Waals surface area contributed by atoms with Crippen LogP contribution < -0.4 is 14.8 Å². The van der Waals surface area contributed by atoms with E-state index in [1.807, 2.05) is 11.9 Å². The molecular weight excluding hydrogens is 280 g/mol. The molecule has 1 heterocycles. The Balaban J connectivity index is 2.08. The Labute approximate surface area is 131 Å². The lowest BCUT2D eigenvalue weighted by Crippen LogP contribution is -2.30. The Morgan fingerprint density at radius 3 is 3.00 bits per heavy atom. The lowest BCUT2D eigenvalue weighted by atomic mass is 10.1. The molecule has 0 spiro atoms. The van der Waals surface area contributed by atoms with Gasteiger partial charge >= 0.3 is 0 Å². The summed E-state index contributed by atoms with van der Waals surface area (Å²) in [6, 6.07) is 5.30. The molecule has 1 aromatic rings. The van der Waals surface area contributed by atoms with Crippen LogP contribution in [0.1, 0.15) is 16.8 Å². The van der Waals surface area contributed by atoms with Crippen molar-refractivity contribution >= 4 is 5.91 Å². The summed E-state index contributed by atoms with van der Waals surface area (Å²) in [5.74, 6) is 1.77. The standard InChI is InChI=1S/C17H24N2O3/c1-4-9-22-15-6-5-14(10-16(15)21-3)17(20)19-8-7-13(12-19)11-18-2/h4-6,10,13,18H,1,7-9,11-12H2,2-3H3. The molecule has 120 valence electrons. The molecule has 1 saturated heterocycles. The molecule has 0 aromatic heterocycles. The Morgan fingerprint density at radius 1 is 1.50 bits per heavy atom. The van der Waals surface area contributed by atoms with Crippen molar-refractivity contribution in [1.82, 2.24) is 10.2 Å². The first-order chi connectivity index (χ1) is 10.7. The fourth-order valence-corrected chi connectivity index (χ4v) is 2.72. The molecule has 0 bridgehead atoms. The minimum Gasteiger partial charge on any atom is -0.493 e. The molecule has 0 saturated carbocycles. The number of ether oxygens (including phenoxy) is 2. The van der Waals surface area contributed by atoms with E-state index < -0.39 is 0 Å². The molecular formula is C17H24N2O3. The van der Waals surface area contributed by atoms with Gasteiger partial charge in [0.1, 0.15) is 6.61 Å². The molecule has 1 aliphatic rings. The number of carbonyl (C=O) groups is 1. The zero-order chi connectivity index (χ0) is 15.9. The van der Waals surface area contributed by atoms with Crippen LogP contribution in [0, 0.1) is 5.92 Å². The number of hydrogen-bond donors (Lipinski definition) is 1. The Kier molecular flexibility index (Phi) is 5.83. The molecule has 0 aliphatic carbocycles. The van der Waals surface area contributed by atoms with Crippen molar-refractivity contribution in [3.05, 3.63) is 36.4 Å². The van der Waals surface area contributed by atoms with Crippen molar-refractivity contribution < 1.29 is 14.3 Å². The fraction of sp³-hybridized carbons (Fsp3) is 0.471. The number of hydrogen-bond acceptors (Lipinski definition) is 4. The molecule has 22 heavy (non-hydrogen) atoms. The maximum absolute atomic E-state index is 12.6. The van der Waals surface area contributed by atoms with Crippen molar-refractivity contribution in [3.63, 3.8) is 0 Å². The summed E-state index contributed by atoms with van der Waals surface area (Å²) < 4.78 is 10.8. The van der Waals surface area contributed by atoms with Crippen LogP contribution in [0.4, 0.5) is 0 Å². The Hall–Kier alpha value is -2.01. The van der Waals surface area contributed by atoms with E-state index in [0.29, 0.717) is 29.6 Å². The van der Waals surface area contributed by atoms with Crippen LogP contribution in [0.25, 0.3) is 0 Å². The summed E-state index contributed by atoms with van der Waals surface area (Å²) in [4.78, 5) is 14.5. The van der Waals surface area contributed by atoms with Gasteiger partial charge in [-0.25, -0.2) is 0 Å². The highest BCUT2D eigenvalue weighted by molar-refractivity contribution is 5.95. The second-order valence-electron chi connectivity index (χ2n) is 5.43. The van der Waals surface area contributed by atoms with Gasteiger partial charge in [-0.1, -0.05) is 12.7 Å². The average Bonchev–Trinajstić information content (AvgIpc) is 3.01. The van der Waals surface area contributed by atoms with Gasteiger partial charge in [0.15, 0.2) is 11.5 Å². The van der Waals surface area contributed by atoms with Crippen molar-refractivity contribution in [1.29, 1.82) is 0 Å². The number of rotatable bonds is 7. The van der Waals surface area contributed by atoms with Crippen molar-refractivity contribution in [2.45, 2.75) is 6.42 Å². The monoisotopic (exact) mass is 304 g/mol. The maximum Gasteiger partial charge on any atom is 0.254 e. The highest BCUT2D eigenvalue weighted by Crippen LogP contribution is 2.29. The largest absolute Gasteiger partial charge is 0.493 e. The molecule has 5 nitrogen and oxygen atoms in total. The molecule has 1 N–H and O–H groups in total. The molecule has 5 heteroatoms. The fourth-order valence-electron chi connectivity index (χ4n) is 2.72. The SMILES string of the molecule is C=CCOc1ccc(C(=O)N2CCC(CNC)C2)cc1OC. The first-order valence-corrected chi connectivity index (χ1v) is 7.55. The average molecular weight is 304 g/mol. The molecule has 1 amide bonds. The maximum atomic E-state index is 12.6. The van der Waals surface area contributed by atoms with Crippen LogP contribution in [0.3, 0.4) is 0 Å². The molecule has 0 radical (unpaired) electrons. The van der Waals surface area contributed by atoms with Crippen molar-refractivity contribution in [3.8, 4) is 11.5 Å². The van der Waals surface area contributed by atoms with E-state index in [4.69, 9.17) is 9.47 Å². The summed E-state index contributed by atoms with van der Waals surface area (Å²) in [7, 11) is 3.51. The third kappa shape index (κ3) is 3.80. The smallest absolute Gasteiger partial charge is 0.254 e. The number of amides is 1. The van der Waals surface area contributed by atoms with Gasteiger partial charge in [0, 0.05) is 18.7 Å². The molecule has 1 unspecified atom stereocenters. The van der Waals surface area contributed by atoms with E-state index in [1.165, 1.54) is 0 Å². The van der Waals surface area contributed by atoms with E-state index in [9.17, 15) is 4.79 Å². The first kappa shape index (κ1) is 16.4. The van der Waals surface area contributed by atoms with Crippen LogP contribution >= 0.6 is 0 Å². The topological polar surface area (TPSA) is 50.8 Å². The Morgan fingerprint density at radius 2 is 2.32 bits per heavy atom. The minimum atomic E-state index is 0.0483. The number of nitrogens with one attached hydrogen (secondary N) is 1. The molecule has 1 atom stereocenters.